The fourth-order valence-electron chi connectivity index (χ4n) is 3.72. The fraction of sp³-hybridized carbons (Fsp3) is 0.741. The molecule has 3 nitrogen and oxygen atoms in total. The first-order chi connectivity index (χ1) is 14.6. The Hall–Kier alpha value is -1.35. The first-order valence-corrected chi connectivity index (χ1v) is 12.6. The van der Waals surface area contributed by atoms with Gasteiger partial charge in [-0.1, -0.05) is 109 Å². The standard InChI is InChI=1S/C27H46O3/c1-4-5-6-7-8-9-10-11-12-13-14-15-16-17-18-19-22-29-30-27(28)26-21-20-24(2)25(3)23-26/h20-21,23H,4-19,22H2,1-3H3. The van der Waals surface area contributed by atoms with Crippen molar-refractivity contribution in [2.45, 2.75) is 124 Å². The van der Waals surface area contributed by atoms with Gasteiger partial charge in [-0.05, 0) is 43.5 Å². The fourth-order valence-corrected chi connectivity index (χ4v) is 3.72. The van der Waals surface area contributed by atoms with Gasteiger partial charge in [0.2, 0.25) is 0 Å². The molecular weight excluding hydrogens is 372 g/mol. The Morgan fingerprint density at radius 1 is 0.667 bits per heavy atom. The molecule has 0 saturated carbocycles. The third kappa shape index (κ3) is 13.8. The number of carbonyl (C=O) groups excluding carboxylic acids is 1. The number of hydrogen-bond acceptors (Lipinski definition) is 3. The minimum absolute atomic E-state index is 0.408. The molecule has 1 rings (SSSR count). The van der Waals surface area contributed by atoms with Gasteiger partial charge in [0, 0.05) is 0 Å². The Morgan fingerprint density at radius 2 is 1.13 bits per heavy atom. The molecule has 0 heterocycles. The van der Waals surface area contributed by atoms with Crippen molar-refractivity contribution in [3.05, 3.63) is 34.9 Å². The molecule has 0 bridgehead atoms. The van der Waals surface area contributed by atoms with Crippen molar-refractivity contribution in [3.8, 4) is 0 Å². The van der Waals surface area contributed by atoms with Crippen LogP contribution in [0.4, 0.5) is 0 Å². The Bertz CT molecular complexity index is 553. The van der Waals surface area contributed by atoms with E-state index in [1.54, 1.807) is 6.07 Å². The van der Waals surface area contributed by atoms with Gasteiger partial charge in [0.15, 0.2) is 0 Å². The monoisotopic (exact) mass is 418 g/mol. The van der Waals surface area contributed by atoms with Crippen molar-refractivity contribution in [1.82, 2.24) is 0 Å². The Kier molecular flexibility index (Phi) is 16.4. The number of hydrogen-bond donors (Lipinski definition) is 0. The third-order valence-corrected chi connectivity index (χ3v) is 5.96. The summed E-state index contributed by atoms with van der Waals surface area (Å²) in [4.78, 5) is 21.9. The molecule has 0 aliphatic carbocycles. The molecule has 172 valence electrons. The normalized spacial score (nSPS) is 11.0. The van der Waals surface area contributed by atoms with Crippen LogP contribution in [-0.4, -0.2) is 12.6 Å². The largest absolute Gasteiger partial charge is 0.373 e. The lowest BCUT2D eigenvalue weighted by molar-refractivity contribution is -0.241. The van der Waals surface area contributed by atoms with Crippen molar-refractivity contribution in [1.29, 1.82) is 0 Å². The van der Waals surface area contributed by atoms with Gasteiger partial charge in [-0.15, -0.1) is 0 Å². The smallest absolute Gasteiger partial charge is 0.293 e. The van der Waals surface area contributed by atoms with Gasteiger partial charge < -0.3 is 0 Å². The highest BCUT2D eigenvalue weighted by Crippen LogP contribution is 2.14. The van der Waals surface area contributed by atoms with E-state index in [1.165, 1.54) is 95.5 Å². The van der Waals surface area contributed by atoms with Crippen LogP contribution >= 0.6 is 0 Å². The maximum Gasteiger partial charge on any atom is 0.373 e. The van der Waals surface area contributed by atoms with Gasteiger partial charge in [0.05, 0.1) is 12.2 Å². The van der Waals surface area contributed by atoms with E-state index in [1.807, 2.05) is 26.0 Å². The third-order valence-electron chi connectivity index (χ3n) is 5.96. The molecule has 1 aromatic rings. The minimum Gasteiger partial charge on any atom is -0.293 e. The number of benzene rings is 1. The van der Waals surface area contributed by atoms with E-state index in [-0.39, 0.29) is 0 Å². The lowest BCUT2D eigenvalue weighted by Crippen LogP contribution is -2.07. The number of rotatable bonds is 19. The molecule has 0 spiro atoms. The van der Waals surface area contributed by atoms with Gasteiger partial charge in [0.25, 0.3) is 0 Å². The van der Waals surface area contributed by atoms with Crippen LogP contribution < -0.4 is 0 Å². The second-order valence-electron chi connectivity index (χ2n) is 8.80. The number of unbranched alkanes of at least 4 members (excludes halogenated alkanes) is 15. The number of aryl methyl sites for hydroxylation is 2. The summed E-state index contributed by atoms with van der Waals surface area (Å²) in [6.07, 6.45) is 21.5. The van der Waals surface area contributed by atoms with Gasteiger partial charge in [-0.3, -0.25) is 4.89 Å². The molecule has 0 unspecified atom stereocenters. The predicted molar refractivity (Wildman–Crippen MR) is 127 cm³/mol. The highest BCUT2D eigenvalue weighted by atomic mass is 17.2. The molecule has 0 aliphatic rings. The maximum absolute atomic E-state index is 11.9. The van der Waals surface area contributed by atoms with E-state index in [0.717, 1.165) is 18.4 Å². The van der Waals surface area contributed by atoms with Crippen LogP contribution in [0.15, 0.2) is 18.2 Å². The van der Waals surface area contributed by atoms with Crippen LogP contribution in [0.1, 0.15) is 131 Å². The van der Waals surface area contributed by atoms with Crippen LogP contribution in [0.3, 0.4) is 0 Å². The maximum atomic E-state index is 11.9. The SMILES string of the molecule is CCCCCCCCCCCCCCCCCCOOC(=O)c1ccc(C)c(C)c1. The second kappa shape index (κ2) is 18.4. The molecule has 0 amide bonds. The average Bonchev–Trinajstić information content (AvgIpc) is 2.74. The summed E-state index contributed by atoms with van der Waals surface area (Å²) >= 11 is 0. The van der Waals surface area contributed by atoms with E-state index in [9.17, 15) is 4.79 Å². The molecule has 3 heteroatoms. The molecule has 30 heavy (non-hydrogen) atoms. The molecule has 0 radical (unpaired) electrons. The first kappa shape index (κ1) is 26.7. The minimum atomic E-state index is -0.408. The van der Waals surface area contributed by atoms with Crippen molar-refractivity contribution >= 4 is 5.97 Å². The highest BCUT2D eigenvalue weighted by molar-refractivity contribution is 5.89. The molecule has 0 aliphatic heterocycles. The molecule has 1 aromatic carbocycles. The topological polar surface area (TPSA) is 35.5 Å². The van der Waals surface area contributed by atoms with Crippen molar-refractivity contribution in [2.75, 3.05) is 6.61 Å². The zero-order valence-electron chi connectivity index (χ0n) is 20.0. The van der Waals surface area contributed by atoms with Crippen LogP contribution in [0.25, 0.3) is 0 Å². The van der Waals surface area contributed by atoms with E-state index >= 15 is 0 Å². The summed E-state index contributed by atoms with van der Waals surface area (Å²) in [5.74, 6) is -0.408. The van der Waals surface area contributed by atoms with Crippen LogP contribution in [-0.2, 0) is 9.78 Å². The molecule has 0 aromatic heterocycles. The lowest BCUT2D eigenvalue weighted by atomic mass is 10.0. The van der Waals surface area contributed by atoms with E-state index in [4.69, 9.17) is 9.78 Å². The quantitative estimate of drug-likeness (QED) is 0.128. The van der Waals surface area contributed by atoms with Gasteiger partial charge in [-0.2, -0.15) is 4.89 Å². The molecular formula is C27H46O3. The summed E-state index contributed by atoms with van der Waals surface area (Å²) in [5, 5.41) is 0. The average molecular weight is 419 g/mol. The van der Waals surface area contributed by atoms with Crippen molar-refractivity contribution in [2.24, 2.45) is 0 Å². The highest BCUT2D eigenvalue weighted by Gasteiger charge is 2.09. The van der Waals surface area contributed by atoms with E-state index in [0.29, 0.717) is 12.2 Å². The predicted octanol–water partition coefficient (Wildman–Crippen LogP) is 8.65. The first-order valence-electron chi connectivity index (χ1n) is 12.6. The Labute approximate surface area is 185 Å². The lowest BCUT2D eigenvalue weighted by Gasteiger charge is -2.06. The van der Waals surface area contributed by atoms with Crippen molar-refractivity contribution in [3.63, 3.8) is 0 Å². The molecule has 0 fully saturated rings. The Balaban J connectivity index is 1.81. The van der Waals surface area contributed by atoms with Crippen LogP contribution in [0.5, 0.6) is 0 Å². The zero-order chi connectivity index (χ0) is 21.9. The van der Waals surface area contributed by atoms with E-state index in [2.05, 4.69) is 6.92 Å². The summed E-state index contributed by atoms with van der Waals surface area (Å²) < 4.78 is 0. The van der Waals surface area contributed by atoms with Gasteiger partial charge in [0.1, 0.15) is 0 Å². The summed E-state index contributed by atoms with van der Waals surface area (Å²) in [6.45, 7) is 6.78. The van der Waals surface area contributed by atoms with Crippen LogP contribution in [0.2, 0.25) is 0 Å². The summed E-state index contributed by atoms with van der Waals surface area (Å²) in [6, 6.07) is 5.56. The number of carbonyl (C=O) groups is 1. The van der Waals surface area contributed by atoms with E-state index < -0.39 is 5.97 Å². The molecule has 0 N–H and O–H groups in total. The summed E-state index contributed by atoms with van der Waals surface area (Å²) in [5.41, 5.74) is 2.80. The van der Waals surface area contributed by atoms with Gasteiger partial charge in [-0.25, -0.2) is 4.79 Å². The zero-order valence-corrected chi connectivity index (χ0v) is 20.0. The van der Waals surface area contributed by atoms with Gasteiger partial charge >= 0.3 is 5.97 Å². The molecule has 0 atom stereocenters. The molecule has 0 saturated heterocycles. The van der Waals surface area contributed by atoms with Crippen molar-refractivity contribution < 1.29 is 14.6 Å². The second-order valence-corrected chi connectivity index (χ2v) is 8.80. The Morgan fingerprint density at radius 3 is 1.60 bits per heavy atom. The summed E-state index contributed by atoms with van der Waals surface area (Å²) in [7, 11) is 0. The van der Waals surface area contributed by atoms with Crippen LogP contribution in [0, 0.1) is 13.8 Å².